The number of amides is 2. The maximum absolute atomic E-state index is 12.0. The number of aromatic amines is 1. The fraction of sp³-hybridized carbons (Fsp3) is 0.0833. The lowest BCUT2D eigenvalue weighted by Crippen LogP contribution is -2.22. The fourth-order valence-electron chi connectivity index (χ4n) is 1.73. The van der Waals surface area contributed by atoms with Gasteiger partial charge in [-0.15, -0.1) is 22.7 Å². The minimum absolute atomic E-state index is 0.204. The van der Waals surface area contributed by atoms with Crippen molar-refractivity contribution in [3.63, 3.8) is 0 Å². The first-order valence-corrected chi connectivity index (χ1v) is 7.42. The van der Waals surface area contributed by atoms with Crippen molar-refractivity contribution in [3.05, 3.63) is 39.3 Å². The van der Waals surface area contributed by atoms with E-state index in [1.807, 2.05) is 17.5 Å². The molecule has 2 amide bonds. The van der Waals surface area contributed by atoms with Crippen LogP contribution in [0.4, 0.5) is 0 Å². The van der Waals surface area contributed by atoms with E-state index in [1.54, 1.807) is 11.3 Å². The lowest BCUT2D eigenvalue weighted by atomic mass is 10.4. The van der Waals surface area contributed by atoms with Gasteiger partial charge >= 0.3 is 0 Å². The fourth-order valence-corrected chi connectivity index (χ4v) is 3.22. The van der Waals surface area contributed by atoms with Crippen LogP contribution >= 0.6 is 22.7 Å². The Morgan fingerprint density at radius 1 is 1.45 bits per heavy atom. The van der Waals surface area contributed by atoms with E-state index in [0.717, 1.165) is 10.2 Å². The van der Waals surface area contributed by atoms with Crippen LogP contribution < -0.4 is 11.1 Å². The van der Waals surface area contributed by atoms with E-state index < -0.39 is 5.91 Å². The Morgan fingerprint density at radius 2 is 2.30 bits per heavy atom. The highest BCUT2D eigenvalue weighted by atomic mass is 32.1. The SMILES string of the molecule is NC(=O)c1cnc(CNC(=O)c2cc3sccc3[nH]2)s1. The van der Waals surface area contributed by atoms with Gasteiger partial charge < -0.3 is 16.0 Å². The molecule has 102 valence electrons. The molecule has 0 radical (unpaired) electrons. The van der Waals surface area contributed by atoms with E-state index in [4.69, 9.17) is 5.73 Å². The van der Waals surface area contributed by atoms with Crippen molar-refractivity contribution in [2.45, 2.75) is 6.54 Å². The molecule has 0 aliphatic heterocycles. The monoisotopic (exact) mass is 306 g/mol. The van der Waals surface area contributed by atoms with Crippen molar-refractivity contribution in [2.24, 2.45) is 5.73 Å². The molecular formula is C12H10N4O2S2. The highest BCUT2D eigenvalue weighted by Crippen LogP contribution is 2.21. The van der Waals surface area contributed by atoms with Crippen LogP contribution in [0, 0.1) is 0 Å². The summed E-state index contributed by atoms with van der Waals surface area (Å²) in [7, 11) is 0. The Hall–Kier alpha value is -2.19. The molecule has 0 saturated heterocycles. The van der Waals surface area contributed by atoms with Gasteiger partial charge in [-0.25, -0.2) is 4.98 Å². The van der Waals surface area contributed by atoms with Gasteiger partial charge in [0.05, 0.1) is 23.0 Å². The number of aromatic nitrogens is 2. The number of carbonyl (C=O) groups is 2. The summed E-state index contributed by atoms with van der Waals surface area (Å²) in [6.07, 6.45) is 1.42. The summed E-state index contributed by atoms with van der Waals surface area (Å²) < 4.78 is 1.04. The van der Waals surface area contributed by atoms with Crippen LogP contribution in [0.2, 0.25) is 0 Å². The molecule has 20 heavy (non-hydrogen) atoms. The summed E-state index contributed by atoms with van der Waals surface area (Å²) in [5.41, 5.74) is 6.61. The number of primary amides is 1. The molecule has 0 spiro atoms. The van der Waals surface area contributed by atoms with Crippen LogP contribution in [-0.4, -0.2) is 21.8 Å². The molecule has 0 atom stereocenters. The second kappa shape index (κ2) is 5.06. The van der Waals surface area contributed by atoms with E-state index >= 15 is 0 Å². The number of hydrogen-bond donors (Lipinski definition) is 3. The van der Waals surface area contributed by atoms with Crippen molar-refractivity contribution in [1.82, 2.24) is 15.3 Å². The lowest BCUT2D eigenvalue weighted by molar-refractivity contribution is 0.0945. The van der Waals surface area contributed by atoms with Gasteiger partial charge in [-0.1, -0.05) is 0 Å². The molecule has 0 aliphatic rings. The maximum atomic E-state index is 12.0. The van der Waals surface area contributed by atoms with Crippen LogP contribution in [0.25, 0.3) is 10.2 Å². The normalized spacial score (nSPS) is 10.8. The van der Waals surface area contributed by atoms with E-state index in [1.165, 1.54) is 17.5 Å². The van der Waals surface area contributed by atoms with Crippen molar-refractivity contribution < 1.29 is 9.59 Å². The van der Waals surface area contributed by atoms with Crippen LogP contribution in [0.5, 0.6) is 0 Å². The third-order valence-electron chi connectivity index (χ3n) is 2.68. The summed E-state index contributed by atoms with van der Waals surface area (Å²) in [6, 6.07) is 3.74. The van der Waals surface area contributed by atoms with Gasteiger partial charge in [0.25, 0.3) is 11.8 Å². The van der Waals surface area contributed by atoms with Gasteiger partial charge in [0.1, 0.15) is 15.6 Å². The van der Waals surface area contributed by atoms with Crippen LogP contribution in [0.15, 0.2) is 23.7 Å². The van der Waals surface area contributed by atoms with Gasteiger partial charge in [0.2, 0.25) is 0 Å². The number of rotatable bonds is 4. The van der Waals surface area contributed by atoms with Crippen molar-refractivity contribution in [2.75, 3.05) is 0 Å². The molecule has 0 aliphatic carbocycles. The Balaban J connectivity index is 1.66. The molecule has 3 aromatic heterocycles. The standard InChI is InChI=1S/C12H10N4O2S2/c13-11(17)9-4-14-10(20-9)5-15-12(18)7-3-8-6(16-7)1-2-19-8/h1-4,16H,5H2,(H2,13,17)(H,15,18). The number of thiophene rings is 1. The summed E-state index contributed by atoms with van der Waals surface area (Å²) in [5, 5.41) is 5.35. The van der Waals surface area contributed by atoms with E-state index in [2.05, 4.69) is 15.3 Å². The molecule has 4 N–H and O–H groups in total. The number of nitrogens with two attached hydrogens (primary N) is 1. The molecule has 3 rings (SSSR count). The first-order valence-electron chi connectivity index (χ1n) is 5.72. The van der Waals surface area contributed by atoms with E-state index in [9.17, 15) is 9.59 Å². The lowest BCUT2D eigenvalue weighted by Gasteiger charge is -2.00. The Morgan fingerprint density at radius 3 is 3.00 bits per heavy atom. The third-order valence-corrected chi connectivity index (χ3v) is 4.56. The molecular weight excluding hydrogens is 296 g/mol. The van der Waals surface area contributed by atoms with Gasteiger partial charge in [0.15, 0.2) is 0 Å². The Kier molecular flexibility index (Phi) is 3.25. The zero-order valence-corrected chi connectivity index (χ0v) is 11.8. The molecule has 8 heteroatoms. The molecule has 0 aromatic carbocycles. The van der Waals surface area contributed by atoms with Gasteiger partial charge in [-0.3, -0.25) is 9.59 Å². The van der Waals surface area contributed by atoms with Crippen LogP contribution in [0.1, 0.15) is 25.2 Å². The summed E-state index contributed by atoms with van der Waals surface area (Å²) in [5.74, 6) is -0.714. The number of nitrogens with one attached hydrogen (secondary N) is 2. The van der Waals surface area contributed by atoms with E-state index in [-0.39, 0.29) is 12.5 Å². The van der Waals surface area contributed by atoms with Crippen molar-refractivity contribution >= 4 is 44.7 Å². The molecule has 3 aromatic rings. The average molecular weight is 306 g/mol. The van der Waals surface area contributed by atoms with Crippen molar-refractivity contribution in [1.29, 1.82) is 0 Å². The van der Waals surface area contributed by atoms with Gasteiger partial charge in [-0.2, -0.15) is 0 Å². The van der Waals surface area contributed by atoms with Gasteiger partial charge in [-0.05, 0) is 17.5 Å². The van der Waals surface area contributed by atoms with Crippen LogP contribution in [0.3, 0.4) is 0 Å². The smallest absolute Gasteiger partial charge is 0.268 e. The van der Waals surface area contributed by atoms with Crippen LogP contribution in [-0.2, 0) is 6.54 Å². The Bertz CT molecular complexity index is 758. The van der Waals surface area contributed by atoms with Gasteiger partial charge in [0, 0.05) is 0 Å². The zero-order valence-electron chi connectivity index (χ0n) is 10.2. The molecule has 3 heterocycles. The second-order valence-corrected chi connectivity index (χ2v) is 6.11. The first kappa shape index (κ1) is 12.8. The largest absolute Gasteiger partial charge is 0.365 e. The number of fused-ring (bicyclic) bond motifs is 1. The zero-order chi connectivity index (χ0) is 14.1. The quantitative estimate of drug-likeness (QED) is 0.684. The molecule has 6 nitrogen and oxygen atoms in total. The minimum Gasteiger partial charge on any atom is -0.365 e. The summed E-state index contributed by atoms with van der Waals surface area (Å²) in [6.45, 7) is 0.267. The third kappa shape index (κ3) is 2.43. The molecule has 0 fully saturated rings. The van der Waals surface area contributed by atoms with E-state index in [0.29, 0.717) is 15.6 Å². The predicted octanol–water partition coefficient (Wildman–Crippen LogP) is 1.71. The highest BCUT2D eigenvalue weighted by molar-refractivity contribution is 7.17. The molecule has 0 bridgehead atoms. The maximum Gasteiger partial charge on any atom is 0.268 e. The number of carbonyl (C=O) groups excluding carboxylic acids is 2. The summed E-state index contributed by atoms with van der Waals surface area (Å²) in [4.78, 5) is 30.4. The topological polar surface area (TPSA) is 101 Å². The number of hydrogen-bond acceptors (Lipinski definition) is 5. The number of nitrogens with zero attached hydrogens (tertiary/aromatic N) is 1. The second-order valence-electron chi connectivity index (χ2n) is 4.05. The summed E-state index contributed by atoms with van der Waals surface area (Å²) >= 11 is 2.75. The molecule has 0 saturated carbocycles. The number of H-pyrrole nitrogens is 1. The number of thiazole rings is 1. The average Bonchev–Trinajstić information content (AvgIpc) is 3.10. The highest BCUT2D eigenvalue weighted by Gasteiger charge is 2.11. The predicted molar refractivity (Wildman–Crippen MR) is 78.0 cm³/mol. The minimum atomic E-state index is -0.510. The Labute approximate surface area is 121 Å². The van der Waals surface area contributed by atoms with Crippen molar-refractivity contribution in [3.8, 4) is 0 Å². The molecule has 0 unspecified atom stereocenters. The first-order chi connectivity index (χ1) is 9.63.